The first kappa shape index (κ1) is 22.6. The van der Waals surface area contributed by atoms with Gasteiger partial charge in [-0.25, -0.2) is 4.98 Å². The van der Waals surface area contributed by atoms with E-state index in [1.165, 1.54) is 0 Å². The molecule has 3 aromatic rings. The summed E-state index contributed by atoms with van der Waals surface area (Å²) in [4.78, 5) is 13.1. The fourth-order valence-electron chi connectivity index (χ4n) is 2.41. The molecule has 150 valence electrons. The molecule has 3 rings (SSSR count). The van der Waals surface area contributed by atoms with E-state index in [0.717, 1.165) is 35.2 Å². The summed E-state index contributed by atoms with van der Waals surface area (Å²) in [6.45, 7) is 3.42. The van der Waals surface area contributed by atoms with Crippen LogP contribution in [0, 0.1) is 6.92 Å². The van der Waals surface area contributed by atoms with Crippen LogP contribution in [0.1, 0.15) is 16.6 Å². The second-order valence-corrected chi connectivity index (χ2v) is 7.30. The van der Waals surface area contributed by atoms with Gasteiger partial charge in [-0.1, -0.05) is 16.8 Å². The van der Waals surface area contributed by atoms with Crippen LogP contribution in [-0.4, -0.2) is 41.2 Å². The Labute approximate surface area is 190 Å². The molecule has 0 atom stereocenters. The van der Waals surface area contributed by atoms with Gasteiger partial charge in [0.2, 0.25) is 11.7 Å². The molecular formula is C18H22ClIN6OS. The van der Waals surface area contributed by atoms with Gasteiger partial charge in [0.05, 0.1) is 10.7 Å². The van der Waals surface area contributed by atoms with Crippen LogP contribution < -0.4 is 10.6 Å². The van der Waals surface area contributed by atoms with Gasteiger partial charge in [-0.15, -0.1) is 35.3 Å². The van der Waals surface area contributed by atoms with E-state index in [1.807, 2.05) is 19.1 Å². The Morgan fingerprint density at radius 3 is 2.50 bits per heavy atom. The Balaban J connectivity index is 0.00000280. The maximum Gasteiger partial charge on any atom is 0.228 e. The monoisotopic (exact) mass is 532 g/mol. The largest absolute Gasteiger partial charge is 0.356 e. The van der Waals surface area contributed by atoms with E-state index in [9.17, 15) is 0 Å². The van der Waals surface area contributed by atoms with Crippen LogP contribution in [0.4, 0.5) is 0 Å². The molecule has 1 aromatic carbocycles. The van der Waals surface area contributed by atoms with Gasteiger partial charge in [-0.3, -0.25) is 4.99 Å². The highest BCUT2D eigenvalue weighted by atomic mass is 127. The summed E-state index contributed by atoms with van der Waals surface area (Å²) < 4.78 is 5.30. The first-order valence-electron chi connectivity index (χ1n) is 8.58. The number of aromatic nitrogens is 3. The van der Waals surface area contributed by atoms with E-state index in [0.29, 0.717) is 29.7 Å². The molecule has 0 bridgehead atoms. The molecule has 0 radical (unpaired) electrons. The minimum atomic E-state index is 0. The van der Waals surface area contributed by atoms with Gasteiger partial charge < -0.3 is 15.2 Å². The molecule has 2 heterocycles. The zero-order valence-corrected chi connectivity index (χ0v) is 19.5. The number of hydrogen-bond acceptors (Lipinski definition) is 6. The van der Waals surface area contributed by atoms with Gasteiger partial charge in [0.15, 0.2) is 5.96 Å². The molecule has 0 saturated carbocycles. The smallest absolute Gasteiger partial charge is 0.228 e. The Morgan fingerprint density at radius 2 is 1.86 bits per heavy atom. The third kappa shape index (κ3) is 6.71. The van der Waals surface area contributed by atoms with Crippen molar-refractivity contribution in [3.63, 3.8) is 0 Å². The van der Waals surface area contributed by atoms with E-state index in [-0.39, 0.29) is 24.0 Å². The summed E-state index contributed by atoms with van der Waals surface area (Å²) in [6, 6.07) is 7.34. The molecule has 0 aliphatic carbocycles. The van der Waals surface area contributed by atoms with E-state index in [2.05, 4.69) is 36.1 Å². The van der Waals surface area contributed by atoms with Crippen molar-refractivity contribution in [2.24, 2.45) is 4.99 Å². The first-order chi connectivity index (χ1) is 13.1. The van der Waals surface area contributed by atoms with E-state index >= 15 is 0 Å². The Hall–Kier alpha value is -1.72. The lowest BCUT2D eigenvalue weighted by molar-refractivity contribution is 0.378. The maximum absolute atomic E-state index is 5.90. The molecule has 7 nitrogen and oxygen atoms in total. The summed E-state index contributed by atoms with van der Waals surface area (Å²) in [6.07, 6.45) is 1.46. The first-order valence-corrected chi connectivity index (χ1v) is 9.84. The lowest BCUT2D eigenvalue weighted by atomic mass is 10.2. The highest BCUT2D eigenvalue weighted by Crippen LogP contribution is 2.18. The summed E-state index contributed by atoms with van der Waals surface area (Å²) in [5.41, 5.74) is 1.97. The van der Waals surface area contributed by atoms with Crippen LogP contribution in [0.15, 0.2) is 39.2 Å². The molecule has 2 N–H and O–H groups in total. The summed E-state index contributed by atoms with van der Waals surface area (Å²) in [5, 5.41) is 14.4. The third-order valence-corrected chi connectivity index (χ3v) is 4.84. The van der Waals surface area contributed by atoms with Crippen LogP contribution in [0.3, 0.4) is 0 Å². The zero-order chi connectivity index (χ0) is 19.1. The third-order valence-electron chi connectivity index (χ3n) is 3.77. The summed E-state index contributed by atoms with van der Waals surface area (Å²) >= 11 is 7.56. The van der Waals surface area contributed by atoms with Crippen molar-refractivity contribution in [2.45, 2.75) is 19.8 Å². The highest BCUT2D eigenvalue weighted by Gasteiger charge is 2.09. The molecule has 0 spiro atoms. The van der Waals surface area contributed by atoms with Gasteiger partial charge in [-0.2, -0.15) is 4.98 Å². The van der Waals surface area contributed by atoms with E-state index < -0.39 is 0 Å². The summed E-state index contributed by atoms with van der Waals surface area (Å²) in [7, 11) is 1.74. The predicted octanol–water partition coefficient (Wildman–Crippen LogP) is 3.72. The van der Waals surface area contributed by atoms with Crippen LogP contribution in [0.25, 0.3) is 11.4 Å². The van der Waals surface area contributed by atoms with Crippen molar-refractivity contribution in [1.82, 2.24) is 25.8 Å². The predicted molar refractivity (Wildman–Crippen MR) is 124 cm³/mol. The summed E-state index contributed by atoms with van der Waals surface area (Å²) in [5.74, 6) is 1.86. The molecular weight excluding hydrogens is 511 g/mol. The lowest BCUT2D eigenvalue weighted by Crippen LogP contribution is -2.39. The van der Waals surface area contributed by atoms with Crippen molar-refractivity contribution in [1.29, 1.82) is 0 Å². The quantitative estimate of drug-likeness (QED) is 0.274. The van der Waals surface area contributed by atoms with Crippen LogP contribution >= 0.6 is 46.9 Å². The number of hydrogen-bond donors (Lipinski definition) is 2. The number of halogens is 2. The Morgan fingerprint density at radius 1 is 1.14 bits per heavy atom. The number of rotatable bonds is 7. The van der Waals surface area contributed by atoms with E-state index in [1.54, 1.807) is 30.5 Å². The number of guanidine groups is 1. The molecule has 2 aromatic heterocycles. The standard InChI is InChI=1S/C18H21ClN6OS.HI/c1-12-23-15(11-27-12)7-9-21-18(20-2)22-10-8-16-24-17(25-26-16)13-3-5-14(19)6-4-13;/h3-6,11H,7-10H2,1-2H3,(H2,20,21,22);1H. The zero-order valence-electron chi connectivity index (χ0n) is 15.6. The second kappa shape index (κ2) is 11.3. The number of thiazole rings is 1. The average Bonchev–Trinajstić information content (AvgIpc) is 3.30. The van der Waals surface area contributed by atoms with Crippen molar-refractivity contribution in [3.05, 3.63) is 51.3 Å². The topological polar surface area (TPSA) is 88.2 Å². The van der Waals surface area contributed by atoms with Gasteiger partial charge in [0.25, 0.3) is 0 Å². The molecule has 0 aliphatic rings. The number of nitrogens with one attached hydrogen (secondary N) is 2. The molecule has 0 saturated heterocycles. The Bertz CT molecular complexity index is 896. The Kier molecular flexibility index (Phi) is 9.13. The van der Waals surface area contributed by atoms with Crippen LogP contribution in [-0.2, 0) is 12.8 Å². The van der Waals surface area contributed by atoms with Crippen LogP contribution in [0.5, 0.6) is 0 Å². The molecule has 0 fully saturated rings. The number of benzene rings is 1. The van der Waals surface area contributed by atoms with Crippen molar-refractivity contribution in [3.8, 4) is 11.4 Å². The van der Waals surface area contributed by atoms with Crippen LogP contribution in [0.2, 0.25) is 5.02 Å². The van der Waals surface area contributed by atoms with Gasteiger partial charge in [0, 0.05) is 48.9 Å². The minimum Gasteiger partial charge on any atom is -0.356 e. The van der Waals surface area contributed by atoms with Gasteiger partial charge in [0.1, 0.15) is 0 Å². The normalized spacial score (nSPS) is 11.2. The fourth-order valence-corrected chi connectivity index (χ4v) is 3.19. The maximum atomic E-state index is 5.90. The average molecular weight is 533 g/mol. The molecule has 28 heavy (non-hydrogen) atoms. The van der Waals surface area contributed by atoms with Gasteiger partial charge in [-0.05, 0) is 31.2 Å². The van der Waals surface area contributed by atoms with Crippen molar-refractivity contribution < 1.29 is 4.52 Å². The molecule has 0 unspecified atom stereocenters. The minimum absolute atomic E-state index is 0. The van der Waals surface area contributed by atoms with Crippen molar-refractivity contribution >= 4 is 52.9 Å². The molecule has 10 heteroatoms. The lowest BCUT2D eigenvalue weighted by Gasteiger charge is -2.10. The molecule has 0 amide bonds. The second-order valence-electron chi connectivity index (χ2n) is 5.80. The van der Waals surface area contributed by atoms with Crippen molar-refractivity contribution in [2.75, 3.05) is 20.1 Å². The van der Waals surface area contributed by atoms with Gasteiger partial charge >= 0.3 is 0 Å². The number of nitrogens with zero attached hydrogens (tertiary/aromatic N) is 4. The fraction of sp³-hybridized carbons (Fsp3) is 0.333. The highest BCUT2D eigenvalue weighted by molar-refractivity contribution is 14.0. The SMILES string of the molecule is CN=C(NCCc1csc(C)n1)NCCc1nc(-c2ccc(Cl)cc2)no1.I. The van der Waals surface area contributed by atoms with E-state index in [4.69, 9.17) is 16.1 Å². The molecule has 0 aliphatic heterocycles. The number of aliphatic imine (C=N–C) groups is 1. The number of aryl methyl sites for hydroxylation is 1.